The molecular formula is C19H19BrClN3O. The highest BCUT2D eigenvalue weighted by atomic mass is 79.9. The zero-order chi connectivity index (χ0) is 17.6. The number of rotatable bonds is 2. The van der Waals surface area contributed by atoms with Crippen LogP contribution in [0, 0.1) is 6.92 Å². The molecule has 4 nitrogen and oxygen atoms in total. The third-order valence-corrected chi connectivity index (χ3v) is 6.42. The van der Waals surface area contributed by atoms with Crippen LogP contribution in [-0.4, -0.2) is 24.0 Å². The summed E-state index contributed by atoms with van der Waals surface area (Å²) in [7, 11) is 0. The number of amides is 1. The number of carbonyl (C=O) groups excluding carboxylic acids is 1. The molecule has 0 bridgehead atoms. The first-order chi connectivity index (χ1) is 12.0. The summed E-state index contributed by atoms with van der Waals surface area (Å²) in [5.41, 5.74) is 3.24. The Morgan fingerprint density at radius 1 is 1.36 bits per heavy atom. The number of anilines is 1. The lowest BCUT2D eigenvalue weighted by Crippen LogP contribution is -2.46. The van der Waals surface area contributed by atoms with E-state index in [9.17, 15) is 4.79 Å². The highest BCUT2D eigenvalue weighted by molar-refractivity contribution is 9.10. The van der Waals surface area contributed by atoms with Crippen molar-refractivity contribution in [1.82, 2.24) is 10.3 Å². The molecule has 1 aromatic heterocycles. The fourth-order valence-corrected chi connectivity index (χ4v) is 4.61. The first-order valence-corrected chi connectivity index (χ1v) is 9.57. The predicted molar refractivity (Wildman–Crippen MR) is 103 cm³/mol. The Bertz CT molecular complexity index is 839. The summed E-state index contributed by atoms with van der Waals surface area (Å²) in [5.74, 6) is 0.994. The molecule has 0 aliphatic carbocycles. The summed E-state index contributed by atoms with van der Waals surface area (Å²) in [6, 6.07) is 8.54. The van der Waals surface area contributed by atoms with Crippen molar-refractivity contribution in [3.05, 3.63) is 56.6 Å². The molecule has 2 aliphatic rings. The summed E-state index contributed by atoms with van der Waals surface area (Å²) < 4.78 is 0.787. The number of carbonyl (C=O) groups is 1. The van der Waals surface area contributed by atoms with E-state index in [0.29, 0.717) is 18.0 Å². The minimum Gasteiger partial charge on any atom is -0.356 e. The molecule has 0 radical (unpaired) electrons. The number of nitrogens with zero attached hydrogens (tertiary/aromatic N) is 2. The van der Waals surface area contributed by atoms with Crippen LogP contribution in [0.25, 0.3) is 0 Å². The molecule has 0 saturated carbocycles. The lowest BCUT2D eigenvalue weighted by Gasteiger charge is -2.34. The average Bonchev–Trinajstić information content (AvgIpc) is 2.86. The van der Waals surface area contributed by atoms with E-state index in [1.807, 2.05) is 0 Å². The van der Waals surface area contributed by atoms with Gasteiger partial charge in [-0.1, -0.05) is 41.4 Å². The van der Waals surface area contributed by atoms with E-state index in [1.165, 1.54) is 11.1 Å². The van der Waals surface area contributed by atoms with Gasteiger partial charge < -0.3 is 10.2 Å². The lowest BCUT2D eigenvalue weighted by molar-refractivity contribution is -0.123. The first-order valence-electron chi connectivity index (χ1n) is 8.40. The lowest BCUT2D eigenvalue weighted by atomic mass is 9.75. The van der Waals surface area contributed by atoms with Gasteiger partial charge in [-0.25, -0.2) is 4.98 Å². The minimum atomic E-state index is -0.254. The molecule has 1 N–H and O–H groups in total. The third-order valence-electron chi connectivity index (χ3n) is 5.20. The van der Waals surface area contributed by atoms with Crippen molar-refractivity contribution in [2.75, 3.05) is 18.0 Å². The normalized spacial score (nSPS) is 22.2. The van der Waals surface area contributed by atoms with E-state index in [4.69, 9.17) is 11.6 Å². The number of piperidine rings is 1. The Kier molecular flexibility index (Phi) is 4.24. The molecule has 1 saturated heterocycles. The van der Waals surface area contributed by atoms with E-state index in [1.54, 1.807) is 6.20 Å². The molecule has 1 aromatic carbocycles. The average molecular weight is 421 g/mol. The molecule has 25 heavy (non-hydrogen) atoms. The first kappa shape index (κ1) is 16.9. The summed E-state index contributed by atoms with van der Waals surface area (Å²) in [4.78, 5) is 19.0. The number of aryl methyl sites for hydroxylation is 1. The van der Waals surface area contributed by atoms with Gasteiger partial charge >= 0.3 is 0 Å². The van der Waals surface area contributed by atoms with Gasteiger partial charge in [-0.3, -0.25) is 4.79 Å². The van der Waals surface area contributed by atoms with Gasteiger partial charge in [-0.2, -0.15) is 0 Å². The second-order valence-corrected chi connectivity index (χ2v) is 8.25. The highest BCUT2D eigenvalue weighted by Gasteiger charge is 2.48. The van der Waals surface area contributed by atoms with Crippen LogP contribution < -0.4 is 10.2 Å². The zero-order valence-corrected chi connectivity index (χ0v) is 16.3. The Hall–Kier alpha value is -1.59. The van der Waals surface area contributed by atoms with Gasteiger partial charge in [0.15, 0.2) is 0 Å². The number of fused-ring (bicyclic) bond motifs is 2. The van der Waals surface area contributed by atoms with Crippen LogP contribution in [0.3, 0.4) is 0 Å². The van der Waals surface area contributed by atoms with Crippen LogP contribution in [0.15, 0.2) is 34.9 Å². The Morgan fingerprint density at radius 3 is 2.84 bits per heavy atom. The van der Waals surface area contributed by atoms with Gasteiger partial charge in [0.1, 0.15) is 5.82 Å². The van der Waals surface area contributed by atoms with Crippen molar-refractivity contribution in [3.8, 4) is 0 Å². The van der Waals surface area contributed by atoms with E-state index in [2.05, 4.69) is 62.3 Å². The topological polar surface area (TPSA) is 45.2 Å². The van der Waals surface area contributed by atoms with Gasteiger partial charge in [0, 0.05) is 43.2 Å². The Labute approximate surface area is 160 Å². The SMILES string of the molecule is Cc1ccc(CN2CC3(CCNC(=O)C3)c3c2ncc(Br)c3Cl)cc1. The summed E-state index contributed by atoms with van der Waals surface area (Å²) >= 11 is 10.1. The molecule has 2 aromatic rings. The van der Waals surface area contributed by atoms with Crippen molar-refractivity contribution in [1.29, 1.82) is 0 Å². The van der Waals surface area contributed by atoms with Crippen molar-refractivity contribution in [2.24, 2.45) is 0 Å². The van der Waals surface area contributed by atoms with Crippen LogP contribution >= 0.6 is 27.5 Å². The van der Waals surface area contributed by atoms with Crippen molar-refractivity contribution in [3.63, 3.8) is 0 Å². The largest absolute Gasteiger partial charge is 0.356 e. The standard InChI is InChI=1S/C19H19BrClN3O/c1-12-2-4-13(5-3-12)10-24-11-19(6-7-22-15(25)8-19)16-17(21)14(20)9-23-18(16)24/h2-5,9H,6-8,10-11H2,1H3,(H,22,25). The molecule has 1 amide bonds. The van der Waals surface area contributed by atoms with E-state index < -0.39 is 0 Å². The maximum atomic E-state index is 12.1. The van der Waals surface area contributed by atoms with Gasteiger partial charge in [0.2, 0.25) is 5.91 Å². The van der Waals surface area contributed by atoms with Crippen molar-refractivity contribution in [2.45, 2.75) is 31.7 Å². The maximum Gasteiger partial charge on any atom is 0.220 e. The molecule has 2 aliphatic heterocycles. The fraction of sp³-hybridized carbons (Fsp3) is 0.368. The number of benzene rings is 1. The summed E-state index contributed by atoms with van der Waals surface area (Å²) in [6.07, 6.45) is 3.10. The molecule has 1 fully saturated rings. The molecule has 130 valence electrons. The fourth-order valence-electron chi connectivity index (χ4n) is 3.98. The van der Waals surface area contributed by atoms with Gasteiger partial charge in [-0.05, 0) is 34.8 Å². The molecule has 6 heteroatoms. The Balaban J connectivity index is 1.75. The van der Waals surface area contributed by atoms with Gasteiger partial charge in [-0.15, -0.1) is 0 Å². The smallest absolute Gasteiger partial charge is 0.220 e. The Morgan fingerprint density at radius 2 is 2.12 bits per heavy atom. The predicted octanol–water partition coefficient (Wildman–Crippen LogP) is 3.97. The molecule has 1 unspecified atom stereocenters. The van der Waals surface area contributed by atoms with Crippen LogP contribution in [0.2, 0.25) is 5.02 Å². The third kappa shape index (κ3) is 2.93. The minimum absolute atomic E-state index is 0.0884. The summed E-state index contributed by atoms with van der Waals surface area (Å²) in [6.45, 7) is 4.30. The number of halogens is 2. The summed E-state index contributed by atoms with van der Waals surface area (Å²) in [5, 5.41) is 3.62. The maximum absolute atomic E-state index is 12.1. The number of hydrogen-bond donors (Lipinski definition) is 1. The quantitative estimate of drug-likeness (QED) is 0.799. The zero-order valence-electron chi connectivity index (χ0n) is 14.0. The number of pyridine rings is 1. The molecule has 1 atom stereocenters. The second-order valence-electron chi connectivity index (χ2n) is 7.02. The number of aromatic nitrogens is 1. The monoisotopic (exact) mass is 419 g/mol. The van der Waals surface area contributed by atoms with E-state index >= 15 is 0 Å². The second kappa shape index (κ2) is 6.29. The highest BCUT2D eigenvalue weighted by Crippen LogP contribution is 2.50. The van der Waals surface area contributed by atoms with Crippen molar-refractivity contribution < 1.29 is 4.79 Å². The van der Waals surface area contributed by atoms with Crippen LogP contribution in [0.5, 0.6) is 0 Å². The number of nitrogens with one attached hydrogen (secondary N) is 1. The van der Waals surface area contributed by atoms with Gasteiger partial charge in [0.25, 0.3) is 0 Å². The van der Waals surface area contributed by atoms with E-state index in [-0.39, 0.29) is 11.3 Å². The van der Waals surface area contributed by atoms with Crippen LogP contribution in [0.4, 0.5) is 5.82 Å². The molecule has 4 rings (SSSR count). The van der Waals surface area contributed by atoms with Crippen molar-refractivity contribution >= 4 is 39.3 Å². The van der Waals surface area contributed by atoms with E-state index in [0.717, 1.165) is 35.4 Å². The number of hydrogen-bond acceptors (Lipinski definition) is 3. The van der Waals surface area contributed by atoms with Crippen LogP contribution in [0.1, 0.15) is 29.5 Å². The molecule has 1 spiro atoms. The molecule has 3 heterocycles. The molecular weight excluding hydrogens is 402 g/mol. The van der Waals surface area contributed by atoms with Gasteiger partial charge in [0.05, 0.1) is 9.50 Å². The van der Waals surface area contributed by atoms with Crippen LogP contribution in [-0.2, 0) is 16.8 Å².